The number of hydrogen-bond donors (Lipinski definition) is 0. The van der Waals surface area contributed by atoms with Crippen LogP contribution < -0.4 is 4.74 Å². The van der Waals surface area contributed by atoms with Crippen molar-refractivity contribution in [1.82, 2.24) is 4.90 Å². The molecule has 0 saturated heterocycles. The number of rotatable bonds is 4. The van der Waals surface area contributed by atoms with Crippen molar-refractivity contribution in [3.63, 3.8) is 0 Å². The summed E-state index contributed by atoms with van der Waals surface area (Å²) in [5.41, 5.74) is 1.07. The van der Waals surface area contributed by atoms with E-state index in [4.69, 9.17) is 16.3 Å². The summed E-state index contributed by atoms with van der Waals surface area (Å²) in [6.45, 7) is 0.586. The van der Waals surface area contributed by atoms with Crippen LogP contribution in [0.3, 0.4) is 0 Å². The number of hydrogen-bond acceptors (Lipinski definition) is 2. The number of halogens is 1. The number of carbonyl (C=O) groups excluding carboxylic acids is 1. The fourth-order valence-electron chi connectivity index (χ4n) is 1.29. The molecule has 15 heavy (non-hydrogen) atoms. The van der Waals surface area contributed by atoms with Crippen molar-refractivity contribution in [1.29, 1.82) is 0 Å². The fourth-order valence-corrected chi connectivity index (χ4v) is 1.37. The molecule has 0 atom stereocenters. The summed E-state index contributed by atoms with van der Waals surface area (Å²) in [7, 11) is 3.31. The van der Waals surface area contributed by atoms with E-state index < -0.39 is 5.37 Å². The van der Waals surface area contributed by atoms with Gasteiger partial charge in [-0.25, -0.2) is 0 Å². The zero-order valence-electron chi connectivity index (χ0n) is 8.87. The van der Waals surface area contributed by atoms with Crippen LogP contribution in [0.4, 0.5) is 4.79 Å². The van der Waals surface area contributed by atoms with E-state index in [1.54, 1.807) is 14.2 Å². The van der Waals surface area contributed by atoms with Crippen LogP contribution in [-0.4, -0.2) is 31.0 Å². The second kappa shape index (κ2) is 5.61. The first-order chi connectivity index (χ1) is 7.15. The van der Waals surface area contributed by atoms with E-state index in [1.165, 1.54) is 4.90 Å². The Morgan fingerprint density at radius 3 is 2.73 bits per heavy atom. The number of carbonyl (C=O) groups is 1. The summed E-state index contributed by atoms with van der Waals surface area (Å²) in [5, 5.41) is -0.440. The van der Waals surface area contributed by atoms with Gasteiger partial charge in [-0.3, -0.25) is 4.79 Å². The predicted molar refractivity (Wildman–Crippen MR) is 60.6 cm³/mol. The molecule has 4 heteroatoms. The standard InChI is InChI=1S/C11H14ClNO2/c1-13(11(12)14)8-7-9-5-3-4-6-10(9)15-2/h3-6H,7-8H2,1-2H3. The Bertz CT molecular complexity index is 341. The normalized spacial score (nSPS) is 9.80. The van der Waals surface area contributed by atoms with Crippen LogP contribution in [0.2, 0.25) is 0 Å². The first-order valence-corrected chi connectivity index (χ1v) is 5.05. The predicted octanol–water partition coefficient (Wildman–Crippen LogP) is 2.53. The van der Waals surface area contributed by atoms with Gasteiger partial charge in [0.1, 0.15) is 5.75 Å². The Balaban J connectivity index is 2.60. The number of ether oxygens (including phenoxy) is 1. The summed E-state index contributed by atoms with van der Waals surface area (Å²) in [6, 6.07) is 7.74. The van der Waals surface area contributed by atoms with Crippen molar-refractivity contribution >= 4 is 17.0 Å². The van der Waals surface area contributed by atoms with E-state index in [-0.39, 0.29) is 0 Å². The van der Waals surface area contributed by atoms with Crippen molar-refractivity contribution in [2.24, 2.45) is 0 Å². The molecule has 0 bridgehead atoms. The maximum Gasteiger partial charge on any atom is 0.316 e. The Labute approximate surface area is 94.6 Å². The molecule has 0 N–H and O–H groups in total. The largest absolute Gasteiger partial charge is 0.496 e. The SMILES string of the molecule is COc1ccccc1CCN(C)C(=O)Cl. The van der Waals surface area contributed by atoms with Crippen molar-refractivity contribution in [2.75, 3.05) is 20.7 Å². The van der Waals surface area contributed by atoms with Crippen LogP contribution in [0, 0.1) is 0 Å². The lowest BCUT2D eigenvalue weighted by Gasteiger charge is -2.14. The van der Waals surface area contributed by atoms with E-state index in [2.05, 4.69) is 0 Å². The molecule has 3 nitrogen and oxygen atoms in total. The highest BCUT2D eigenvalue weighted by molar-refractivity contribution is 6.62. The van der Waals surface area contributed by atoms with Gasteiger partial charge in [-0.2, -0.15) is 0 Å². The van der Waals surface area contributed by atoms with Crippen LogP contribution >= 0.6 is 11.6 Å². The van der Waals surface area contributed by atoms with Crippen molar-refractivity contribution in [2.45, 2.75) is 6.42 Å². The molecule has 1 aromatic rings. The Hall–Kier alpha value is -1.22. The van der Waals surface area contributed by atoms with Gasteiger partial charge in [0.2, 0.25) is 0 Å². The van der Waals surface area contributed by atoms with Gasteiger partial charge in [-0.05, 0) is 29.7 Å². The lowest BCUT2D eigenvalue weighted by Crippen LogP contribution is -2.23. The lowest BCUT2D eigenvalue weighted by atomic mass is 10.1. The van der Waals surface area contributed by atoms with E-state index >= 15 is 0 Å². The van der Waals surface area contributed by atoms with Gasteiger partial charge in [0, 0.05) is 13.6 Å². The number of methoxy groups -OCH3 is 1. The third kappa shape index (κ3) is 3.44. The van der Waals surface area contributed by atoms with Crippen LogP contribution in [0.1, 0.15) is 5.56 Å². The molecule has 0 saturated carbocycles. The molecule has 0 aliphatic rings. The topological polar surface area (TPSA) is 29.5 Å². The van der Waals surface area contributed by atoms with E-state index in [0.29, 0.717) is 6.54 Å². The molecule has 0 fully saturated rings. The van der Waals surface area contributed by atoms with Gasteiger partial charge in [-0.1, -0.05) is 18.2 Å². The van der Waals surface area contributed by atoms with Gasteiger partial charge in [-0.15, -0.1) is 0 Å². The number of benzene rings is 1. The Morgan fingerprint density at radius 1 is 1.47 bits per heavy atom. The zero-order valence-corrected chi connectivity index (χ0v) is 9.62. The highest BCUT2D eigenvalue weighted by Gasteiger charge is 2.06. The number of likely N-dealkylation sites (N-methyl/N-ethyl adjacent to an activating group) is 1. The van der Waals surface area contributed by atoms with Gasteiger partial charge in [0.25, 0.3) is 0 Å². The molecule has 0 aliphatic carbocycles. The van der Waals surface area contributed by atoms with E-state index in [1.807, 2.05) is 24.3 Å². The van der Waals surface area contributed by atoms with E-state index in [9.17, 15) is 4.79 Å². The summed E-state index contributed by atoms with van der Waals surface area (Å²) < 4.78 is 5.20. The van der Waals surface area contributed by atoms with Crippen LogP contribution in [-0.2, 0) is 6.42 Å². The van der Waals surface area contributed by atoms with Crippen LogP contribution in [0.25, 0.3) is 0 Å². The molecule has 0 spiro atoms. The highest BCUT2D eigenvalue weighted by Crippen LogP contribution is 2.17. The average Bonchev–Trinajstić information content (AvgIpc) is 2.26. The smallest absolute Gasteiger partial charge is 0.316 e. The summed E-state index contributed by atoms with van der Waals surface area (Å²) in [4.78, 5) is 12.2. The minimum atomic E-state index is -0.440. The fraction of sp³-hybridized carbons (Fsp3) is 0.364. The lowest BCUT2D eigenvalue weighted by molar-refractivity contribution is 0.232. The van der Waals surface area contributed by atoms with Gasteiger partial charge < -0.3 is 9.64 Å². The maximum atomic E-state index is 10.8. The molecule has 82 valence electrons. The minimum absolute atomic E-state index is 0.440. The molecule has 1 aromatic carbocycles. The quantitative estimate of drug-likeness (QED) is 0.584. The van der Waals surface area contributed by atoms with Crippen LogP contribution in [0.5, 0.6) is 5.75 Å². The number of para-hydroxylation sites is 1. The second-order valence-corrected chi connectivity index (χ2v) is 3.56. The van der Waals surface area contributed by atoms with E-state index in [0.717, 1.165) is 17.7 Å². The van der Waals surface area contributed by atoms with Gasteiger partial charge >= 0.3 is 5.37 Å². The molecule has 1 rings (SSSR count). The second-order valence-electron chi connectivity index (χ2n) is 3.24. The van der Waals surface area contributed by atoms with Crippen molar-refractivity contribution < 1.29 is 9.53 Å². The summed E-state index contributed by atoms with van der Waals surface area (Å²) in [6.07, 6.45) is 0.735. The van der Waals surface area contributed by atoms with Gasteiger partial charge in [0.15, 0.2) is 0 Å². The average molecular weight is 228 g/mol. The first kappa shape index (κ1) is 11.9. The third-order valence-electron chi connectivity index (χ3n) is 2.21. The molecule has 0 unspecified atom stereocenters. The third-order valence-corrected chi connectivity index (χ3v) is 2.50. The molecule has 0 aromatic heterocycles. The first-order valence-electron chi connectivity index (χ1n) is 4.67. The molecular formula is C11H14ClNO2. The zero-order chi connectivity index (χ0) is 11.3. The monoisotopic (exact) mass is 227 g/mol. The van der Waals surface area contributed by atoms with Crippen molar-refractivity contribution in [3.8, 4) is 5.75 Å². The molecule has 0 aliphatic heterocycles. The van der Waals surface area contributed by atoms with Crippen molar-refractivity contribution in [3.05, 3.63) is 29.8 Å². The number of amides is 1. The maximum absolute atomic E-state index is 10.8. The molecule has 1 amide bonds. The number of nitrogens with zero attached hydrogens (tertiary/aromatic N) is 1. The Morgan fingerprint density at radius 2 is 2.13 bits per heavy atom. The summed E-state index contributed by atoms with van der Waals surface area (Å²) in [5.74, 6) is 0.841. The molecule has 0 heterocycles. The minimum Gasteiger partial charge on any atom is -0.496 e. The summed E-state index contributed by atoms with van der Waals surface area (Å²) >= 11 is 5.32. The van der Waals surface area contributed by atoms with Crippen LogP contribution in [0.15, 0.2) is 24.3 Å². The highest BCUT2D eigenvalue weighted by atomic mass is 35.5. The van der Waals surface area contributed by atoms with Gasteiger partial charge in [0.05, 0.1) is 7.11 Å². The molecule has 0 radical (unpaired) electrons. The molecular weight excluding hydrogens is 214 g/mol. The Kier molecular flexibility index (Phi) is 4.43.